The Morgan fingerprint density at radius 2 is 2.08 bits per heavy atom. The fraction of sp³-hybridized carbons (Fsp3) is 0.222. The van der Waals surface area contributed by atoms with E-state index in [1.807, 2.05) is 0 Å². The van der Waals surface area contributed by atoms with Gasteiger partial charge in [0.25, 0.3) is 0 Å². The number of aromatic nitrogens is 1. The minimum atomic E-state index is 0. The van der Waals surface area contributed by atoms with Crippen molar-refractivity contribution in [1.82, 2.24) is 0 Å². The summed E-state index contributed by atoms with van der Waals surface area (Å²) in [6.45, 7) is 2.12. The van der Waals surface area contributed by atoms with Gasteiger partial charge >= 0.3 is 0 Å². The van der Waals surface area contributed by atoms with Crippen molar-refractivity contribution in [2.24, 2.45) is 7.05 Å². The van der Waals surface area contributed by atoms with Gasteiger partial charge in [0.15, 0.2) is 0 Å². The van der Waals surface area contributed by atoms with Crippen molar-refractivity contribution >= 4 is 21.6 Å². The van der Waals surface area contributed by atoms with E-state index in [1.165, 1.54) is 15.8 Å². The highest BCUT2D eigenvalue weighted by atomic mass is 127. The Bertz CT molecular complexity index is 394. The van der Waals surface area contributed by atoms with Gasteiger partial charge in [-0.15, -0.1) is 0 Å². The van der Waals surface area contributed by atoms with E-state index in [1.54, 1.807) is 11.3 Å². The Hall–Kier alpha value is -0.160. The van der Waals surface area contributed by atoms with E-state index < -0.39 is 0 Å². The second-order valence-corrected chi connectivity index (χ2v) is 3.69. The van der Waals surface area contributed by atoms with Crippen molar-refractivity contribution in [1.29, 1.82) is 0 Å². The number of fused-ring (bicyclic) bond motifs is 1. The zero-order valence-electron chi connectivity index (χ0n) is 7.04. The van der Waals surface area contributed by atoms with Crippen LogP contribution in [0.5, 0.6) is 0 Å². The van der Waals surface area contributed by atoms with Crippen molar-refractivity contribution in [3.63, 3.8) is 0 Å². The van der Waals surface area contributed by atoms with Gasteiger partial charge in [-0.3, -0.25) is 0 Å². The predicted octanol–water partition coefficient (Wildman–Crippen LogP) is -0.962. The zero-order valence-corrected chi connectivity index (χ0v) is 10.0. The SMILES string of the molecule is Cc1ccc2c(c1)sc[n+]2C.[I-]. The van der Waals surface area contributed by atoms with Gasteiger partial charge in [0.05, 0.1) is 0 Å². The van der Waals surface area contributed by atoms with E-state index in [0.29, 0.717) is 0 Å². The number of rotatable bonds is 0. The summed E-state index contributed by atoms with van der Waals surface area (Å²) in [4.78, 5) is 0. The summed E-state index contributed by atoms with van der Waals surface area (Å²) in [5.74, 6) is 0. The summed E-state index contributed by atoms with van der Waals surface area (Å²) in [5, 5.41) is 0. The number of hydrogen-bond donors (Lipinski definition) is 0. The lowest BCUT2D eigenvalue weighted by Gasteiger charge is -1.87. The third kappa shape index (κ3) is 1.61. The van der Waals surface area contributed by atoms with Crippen LogP contribution in [0, 0.1) is 6.92 Å². The molecule has 0 saturated heterocycles. The van der Waals surface area contributed by atoms with Crippen molar-refractivity contribution in [2.75, 3.05) is 0 Å². The molecular weight excluding hydrogens is 281 g/mol. The molecule has 1 nitrogen and oxygen atoms in total. The molecule has 1 aromatic carbocycles. The second kappa shape index (κ2) is 3.70. The maximum Gasteiger partial charge on any atom is 0.225 e. The normalized spacial score (nSPS) is 9.83. The fourth-order valence-electron chi connectivity index (χ4n) is 1.20. The first-order valence-electron chi connectivity index (χ1n) is 3.61. The first-order chi connectivity index (χ1) is 5.27. The maximum absolute atomic E-state index is 2.22. The molecule has 0 aliphatic rings. The summed E-state index contributed by atoms with van der Waals surface area (Å²) >= 11 is 1.79. The number of nitrogens with zero attached hydrogens (tertiary/aromatic N) is 1. The molecule has 0 unspecified atom stereocenters. The topological polar surface area (TPSA) is 3.88 Å². The monoisotopic (exact) mass is 291 g/mol. The highest BCUT2D eigenvalue weighted by molar-refractivity contribution is 7.16. The molecule has 1 heterocycles. The Kier molecular flexibility index (Phi) is 3.06. The lowest BCUT2D eigenvalue weighted by molar-refractivity contribution is -0.640. The van der Waals surface area contributed by atoms with Crippen LogP contribution in [0.25, 0.3) is 10.2 Å². The lowest BCUT2D eigenvalue weighted by atomic mass is 10.2. The van der Waals surface area contributed by atoms with Crippen LogP contribution in [-0.4, -0.2) is 0 Å². The molecule has 3 heteroatoms. The van der Waals surface area contributed by atoms with Crippen LogP contribution in [-0.2, 0) is 7.05 Å². The molecule has 0 saturated carbocycles. The van der Waals surface area contributed by atoms with Crippen LogP contribution in [0.3, 0.4) is 0 Å². The average molecular weight is 291 g/mol. The second-order valence-electron chi connectivity index (χ2n) is 2.81. The summed E-state index contributed by atoms with van der Waals surface area (Å²) in [7, 11) is 2.08. The molecule has 0 amide bonds. The van der Waals surface area contributed by atoms with E-state index in [9.17, 15) is 0 Å². The van der Waals surface area contributed by atoms with Gasteiger partial charge in [-0.05, 0) is 18.6 Å². The van der Waals surface area contributed by atoms with Crippen molar-refractivity contribution < 1.29 is 28.5 Å². The van der Waals surface area contributed by atoms with Crippen LogP contribution >= 0.6 is 11.3 Å². The van der Waals surface area contributed by atoms with Gasteiger partial charge in [0.2, 0.25) is 11.0 Å². The number of aryl methyl sites for hydroxylation is 2. The number of thiazole rings is 1. The molecule has 0 aliphatic carbocycles. The molecule has 12 heavy (non-hydrogen) atoms. The van der Waals surface area contributed by atoms with Crippen molar-refractivity contribution in [3.05, 3.63) is 29.3 Å². The summed E-state index contributed by atoms with van der Waals surface area (Å²) in [6.07, 6.45) is 0. The van der Waals surface area contributed by atoms with Crippen LogP contribution in [0.4, 0.5) is 0 Å². The fourth-order valence-corrected chi connectivity index (χ4v) is 2.17. The molecule has 2 rings (SSSR count). The standard InChI is InChI=1S/C9H10NS.HI/c1-7-3-4-8-9(5-7)11-6-10(8)2;/h3-6H,1-2H3;1H/q+1;/p-1. The lowest BCUT2D eigenvalue weighted by Crippen LogP contribution is -3.00. The van der Waals surface area contributed by atoms with E-state index in [0.717, 1.165) is 0 Å². The third-order valence-electron chi connectivity index (χ3n) is 1.83. The van der Waals surface area contributed by atoms with Crippen molar-refractivity contribution in [2.45, 2.75) is 6.92 Å². The molecule has 0 aliphatic heterocycles. The Labute approximate surface area is 93.1 Å². The first-order valence-corrected chi connectivity index (χ1v) is 4.49. The summed E-state index contributed by atoms with van der Waals surface area (Å²) in [6, 6.07) is 6.54. The Morgan fingerprint density at radius 1 is 1.33 bits per heavy atom. The van der Waals surface area contributed by atoms with Gasteiger partial charge in [-0.25, -0.2) is 0 Å². The molecule has 1 aromatic heterocycles. The number of hydrogen-bond acceptors (Lipinski definition) is 1. The largest absolute Gasteiger partial charge is 1.00 e. The number of halogens is 1. The average Bonchev–Trinajstić information content (AvgIpc) is 2.32. The van der Waals surface area contributed by atoms with E-state index in [4.69, 9.17) is 0 Å². The molecular formula is C9H10INS. The molecule has 0 fully saturated rings. The number of benzene rings is 1. The molecule has 0 spiro atoms. The predicted molar refractivity (Wildman–Crippen MR) is 47.7 cm³/mol. The van der Waals surface area contributed by atoms with Crippen molar-refractivity contribution in [3.8, 4) is 0 Å². The zero-order chi connectivity index (χ0) is 7.84. The van der Waals surface area contributed by atoms with Gasteiger partial charge < -0.3 is 24.0 Å². The molecule has 0 N–H and O–H groups in total. The molecule has 64 valence electrons. The van der Waals surface area contributed by atoms with Crippen LogP contribution < -0.4 is 28.5 Å². The minimum absolute atomic E-state index is 0. The van der Waals surface area contributed by atoms with E-state index in [2.05, 4.69) is 42.2 Å². The van der Waals surface area contributed by atoms with Gasteiger partial charge in [0, 0.05) is 6.07 Å². The van der Waals surface area contributed by atoms with Crippen LogP contribution in [0.2, 0.25) is 0 Å². The van der Waals surface area contributed by atoms with Gasteiger partial charge in [-0.2, -0.15) is 4.57 Å². The summed E-state index contributed by atoms with van der Waals surface area (Å²) in [5.41, 5.74) is 4.78. The van der Waals surface area contributed by atoms with Gasteiger partial charge in [-0.1, -0.05) is 17.4 Å². The maximum atomic E-state index is 2.22. The Morgan fingerprint density at radius 3 is 2.83 bits per heavy atom. The molecule has 0 radical (unpaired) electrons. The smallest absolute Gasteiger partial charge is 0.225 e. The molecule has 0 bridgehead atoms. The molecule has 0 atom stereocenters. The van der Waals surface area contributed by atoms with E-state index >= 15 is 0 Å². The summed E-state index contributed by atoms with van der Waals surface area (Å²) < 4.78 is 3.52. The van der Waals surface area contributed by atoms with Crippen LogP contribution in [0.1, 0.15) is 5.56 Å². The minimum Gasteiger partial charge on any atom is -1.00 e. The highest BCUT2D eigenvalue weighted by Gasteiger charge is 2.05. The quantitative estimate of drug-likeness (QED) is 0.435. The van der Waals surface area contributed by atoms with E-state index in [-0.39, 0.29) is 24.0 Å². The first kappa shape index (κ1) is 9.92. The third-order valence-corrected chi connectivity index (χ3v) is 2.84. The highest BCUT2D eigenvalue weighted by Crippen LogP contribution is 2.16. The van der Waals surface area contributed by atoms with Crippen LogP contribution in [0.15, 0.2) is 23.7 Å². The van der Waals surface area contributed by atoms with Gasteiger partial charge in [0.1, 0.15) is 11.7 Å². The Balaban J connectivity index is 0.000000720. The molecule has 2 aromatic rings.